The van der Waals surface area contributed by atoms with E-state index in [1.807, 2.05) is 19.9 Å². The molecule has 1 atom stereocenters. The fourth-order valence-electron chi connectivity index (χ4n) is 5.63. The Hall–Kier alpha value is -0.960. The van der Waals surface area contributed by atoms with Gasteiger partial charge in [0.05, 0.1) is 6.04 Å². The van der Waals surface area contributed by atoms with Crippen molar-refractivity contribution in [2.24, 2.45) is 35.3 Å². The second-order valence-electron chi connectivity index (χ2n) is 7.54. The van der Waals surface area contributed by atoms with Crippen LogP contribution < -0.4 is 5.73 Å². The Bertz CT molecular complexity index is 477. The van der Waals surface area contributed by atoms with Crippen LogP contribution in [0.5, 0.6) is 0 Å². The summed E-state index contributed by atoms with van der Waals surface area (Å²) in [6.07, 6.45) is 7.15. The van der Waals surface area contributed by atoms with E-state index in [-0.39, 0.29) is 6.04 Å². The summed E-state index contributed by atoms with van der Waals surface area (Å²) in [5, 5.41) is 0. The largest absolute Gasteiger partial charge is 0.321 e. The highest BCUT2D eigenvalue weighted by molar-refractivity contribution is 5.13. The zero-order valence-corrected chi connectivity index (χ0v) is 12.5. The molecule has 108 valence electrons. The van der Waals surface area contributed by atoms with Gasteiger partial charge in [0.15, 0.2) is 0 Å². The lowest BCUT2D eigenvalue weighted by atomic mass is 9.50. The number of hydrogen-bond acceptors (Lipinski definition) is 3. The van der Waals surface area contributed by atoms with E-state index in [1.54, 1.807) is 0 Å². The van der Waals surface area contributed by atoms with Crippen molar-refractivity contribution in [1.29, 1.82) is 0 Å². The Morgan fingerprint density at radius 1 is 0.950 bits per heavy atom. The highest BCUT2D eigenvalue weighted by Gasteiger charge is 2.50. The van der Waals surface area contributed by atoms with Gasteiger partial charge >= 0.3 is 0 Å². The van der Waals surface area contributed by atoms with Gasteiger partial charge in [-0.1, -0.05) is 0 Å². The van der Waals surface area contributed by atoms with Gasteiger partial charge in [-0.3, -0.25) is 0 Å². The second kappa shape index (κ2) is 4.52. The van der Waals surface area contributed by atoms with E-state index in [1.165, 1.54) is 32.1 Å². The first kappa shape index (κ1) is 12.8. The van der Waals surface area contributed by atoms with Crippen molar-refractivity contribution in [3.63, 3.8) is 0 Å². The third kappa shape index (κ3) is 1.98. The molecular weight excluding hydrogens is 246 g/mol. The minimum absolute atomic E-state index is 0.0450. The van der Waals surface area contributed by atoms with Crippen LogP contribution in [0.3, 0.4) is 0 Å². The minimum Gasteiger partial charge on any atom is -0.321 e. The van der Waals surface area contributed by atoms with Gasteiger partial charge in [-0.05, 0) is 81.6 Å². The molecule has 1 unspecified atom stereocenters. The quantitative estimate of drug-likeness (QED) is 0.899. The topological polar surface area (TPSA) is 51.8 Å². The van der Waals surface area contributed by atoms with E-state index < -0.39 is 0 Å². The highest BCUT2D eigenvalue weighted by Crippen LogP contribution is 2.58. The van der Waals surface area contributed by atoms with E-state index in [4.69, 9.17) is 5.73 Å². The molecule has 3 nitrogen and oxygen atoms in total. The summed E-state index contributed by atoms with van der Waals surface area (Å²) in [5.41, 5.74) is 8.73. The van der Waals surface area contributed by atoms with Crippen LogP contribution in [0.25, 0.3) is 0 Å². The second-order valence-corrected chi connectivity index (χ2v) is 7.54. The van der Waals surface area contributed by atoms with E-state index >= 15 is 0 Å². The van der Waals surface area contributed by atoms with Crippen LogP contribution >= 0.6 is 0 Å². The van der Waals surface area contributed by atoms with E-state index in [9.17, 15) is 0 Å². The molecule has 1 heterocycles. The third-order valence-electron chi connectivity index (χ3n) is 6.01. The molecule has 4 bridgehead atoms. The summed E-state index contributed by atoms with van der Waals surface area (Å²) < 4.78 is 0. The van der Waals surface area contributed by atoms with Crippen molar-refractivity contribution in [3.05, 3.63) is 23.3 Å². The lowest BCUT2D eigenvalue weighted by molar-refractivity contribution is -0.0482. The Kier molecular flexibility index (Phi) is 2.88. The molecule has 20 heavy (non-hydrogen) atoms. The molecule has 4 aliphatic carbocycles. The number of aryl methyl sites for hydroxylation is 2. The van der Waals surface area contributed by atoms with Crippen LogP contribution in [0.4, 0.5) is 0 Å². The van der Waals surface area contributed by atoms with Gasteiger partial charge in [-0.2, -0.15) is 0 Å². The summed E-state index contributed by atoms with van der Waals surface area (Å²) >= 11 is 0. The van der Waals surface area contributed by atoms with E-state index in [0.29, 0.717) is 5.92 Å². The molecule has 2 N–H and O–H groups in total. The monoisotopic (exact) mass is 271 g/mol. The standard InChI is InChI=1S/C17H25N3/c1-9-3-10(2)20-17(19-9)16(18)15-13-5-11-4-12(7-13)8-14(15)6-11/h3,11-16H,4-8,18H2,1-2H3. The summed E-state index contributed by atoms with van der Waals surface area (Å²) in [6.45, 7) is 4.09. The predicted molar refractivity (Wildman–Crippen MR) is 79.0 cm³/mol. The Labute approximate surface area is 121 Å². The first-order chi connectivity index (χ1) is 9.60. The number of hydrogen-bond donors (Lipinski definition) is 1. The van der Waals surface area contributed by atoms with Gasteiger partial charge in [0, 0.05) is 11.4 Å². The minimum atomic E-state index is 0.0450. The lowest BCUT2D eigenvalue weighted by Crippen LogP contribution is -2.49. The Morgan fingerprint density at radius 3 is 1.95 bits per heavy atom. The van der Waals surface area contributed by atoms with Gasteiger partial charge in [0.2, 0.25) is 0 Å². The Balaban J connectivity index is 1.63. The zero-order chi connectivity index (χ0) is 13.9. The molecule has 4 aliphatic rings. The van der Waals surface area contributed by atoms with Crippen LogP contribution in [0.1, 0.15) is 55.4 Å². The van der Waals surface area contributed by atoms with Crippen LogP contribution in [-0.4, -0.2) is 9.97 Å². The normalized spacial score (nSPS) is 40.0. The highest BCUT2D eigenvalue weighted by atomic mass is 14.9. The molecule has 1 aromatic rings. The molecule has 0 spiro atoms. The number of nitrogens with two attached hydrogens (primary N) is 1. The smallest absolute Gasteiger partial charge is 0.145 e. The van der Waals surface area contributed by atoms with Gasteiger partial charge < -0.3 is 5.73 Å². The number of rotatable bonds is 2. The molecule has 0 radical (unpaired) electrons. The van der Waals surface area contributed by atoms with Crippen molar-refractivity contribution in [2.45, 2.75) is 52.0 Å². The molecule has 1 aromatic heterocycles. The molecule has 4 fully saturated rings. The van der Waals surface area contributed by atoms with Gasteiger partial charge in [0.25, 0.3) is 0 Å². The van der Waals surface area contributed by atoms with Crippen LogP contribution in [-0.2, 0) is 0 Å². The van der Waals surface area contributed by atoms with Crippen molar-refractivity contribution in [3.8, 4) is 0 Å². The van der Waals surface area contributed by atoms with Crippen LogP contribution in [0.2, 0.25) is 0 Å². The molecule has 0 aromatic carbocycles. The average Bonchev–Trinajstić information content (AvgIpc) is 2.35. The molecule has 5 rings (SSSR count). The summed E-state index contributed by atoms with van der Waals surface area (Å²) in [4.78, 5) is 9.26. The molecule has 3 heteroatoms. The maximum Gasteiger partial charge on any atom is 0.145 e. The molecule has 0 saturated heterocycles. The fraction of sp³-hybridized carbons (Fsp3) is 0.765. The molecule has 0 aliphatic heterocycles. The van der Waals surface area contributed by atoms with Crippen molar-refractivity contribution in [2.75, 3.05) is 0 Å². The van der Waals surface area contributed by atoms with Crippen molar-refractivity contribution < 1.29 is 0 Å². The summed E-state index contributed by atoms with van der Waals surface area (Å²) in [6, 6.07) is 2.08. The lowest BCUT2D eigenvalue weighted by Gasteiger charge is -2.55. The maximum absolute atomic E-state index is 6.63. The van der Waals surface area contributed by atoms with Gasteiger partial charge in [-0.15, -0.1) is 0 Å². The van der Waals surface area contributed by atoms with E-state index in [0.717, 1.165) is 40.9 Å². The van der Waals surface area contributed by atoms with Gasteiger partial charge in [-0.25, -0.2) is 9.97 Å². The van der Waals surface area contributed by atoms with Crippen LogP contribution in [0.15, 0.2) is 6.07 Å². The SMILES string of the molecule is Cc1cc(C)nc(C(N)C2C3CC4CC(C3)CC2C4)n1. The molecular formula is C17H25N3. The molecule has 4 saturated carbocycles. The summed E-state index contributed by atoms with van der Waals surface area (Å²) in [5.74, 6) is 5.20. The maximum atomic E-state index is 6.63. The van der Waals surface area contributed by atoms with Crippen LogP contribution in [0, 0.1) is 43.4 Å². The first-order valence-electron chi connectivity index (χ1n) is 8.18. The average molecular weight is 271 g/mol. The first-order valence-corrected chi connectivity index (χ1v) is 8.18. The number of nitrogens with zero attached hydrogens (tertiary/aromatic N) is 2. The fourth-order valence-corrected chi connectivity index (χ4v) is 5.63. The van der Waals surface area contributed by atoms with E-state index in [2.05, 4.69) is 9.97 Å². The van der Waals surface area contributed by atoms with Gasteiger partial charge in [0.1, 0.15) is 5.82 Å². The Morgan fingerprint density at radius 2 is 1.45 bits per heavy atom. The zero-order valence-electron chi connectivity index (χ0n) is 12.5. The molecule has 0 amide bonds. The number of aromatic nitrogens is 2. The summed E-state index contributed by atoms with van der Waals surface area (Å²) in [7, 11) is 0. The van der Waals surface area contributed by atoms with Crippen molar-refractivity contribution >= 4 is 0 Å². The third-order valence-corrected chi connectivity index (χ3v) is 6.01. The van der Waals surface area contributed by atoms with Crippen molar-refractivity contribution in [1.82, 2.24) is 9.97 Å². The predicted octanol–water partition coefficient (Wildman–Crippen LogP) is 3.17.